The fourth-order valence-electron chi connectivity index (χ4n) is 2.82. The van der Waals surface area contributed by atoms with Gasteiger partial charge in [0.15, 0.2) is 5.65 Å². The molecule has 0 aliphatic heterocycles. The maximum absolute atomic E-state index is 12.3. The van der Waals surface area contributed by atoms with Crippen LogP contribution in [0.25, 0.3) is 11.2 Å². The van der Waals surface area contributed by atoms with E-state index in [0.717, 1.165) is 25.7 Å². The SMILES string of the molecule is Cn1c(=O)n(C2CCCCC2)c(=O)c2[nH]cnc21. The first-order valence-electron chi connectivity index (χ1n) is 6.35. The summed E-state index contributed by atoms with van der Waals surface area (Å²) in [6, 6.07) is 0.0395. The minimum atomic E-state index is -0.258. The number of fused-ring (bicyclic) bond motifs is 1. The summed E-state index contributed by atoms with van der Waals surface area (Å²) in [5, 5.41) is 0. The van der Waals surface area contributed by atoms with Crippen molar-refractivity contribution in [3.63, 3.8) is 0 Å². The van der Waals surface area contributed by atoms with Crippen LogP contribution in [-0.4, -0.2) is 19.1 Å². The first kappa shape index (κ1) is 11.3. The second-order valence-electron chi connectivity index (χ2n) is 4.91. The van der Waals surface area contributed by atoms with Crippen molar-refractivity contribution in [2.24, 2.45) is 7.05 Å². The number of aromatic amines is 1. The Bertz CT molecular complexity index is 688. The van der Waals surface area contributed by atoms with Crippen molar-refractivity contribution >= 4 is 11.2 Å². The van der Waals surface area contributed by atoms with Crippen LogP contribution in [0, 0.1) is 0 Å². The Morgan fingerprint density at radius 3 is 2.72 bits per heavy atom. The molecule has 3 rings (SSSR count). The number of H-pyrrole nitrogens is 1. The van der Waals surface area contributed by atoms with Crippen LogP contribution in [0.3, 0.4) is 0 Å². The standard InChI is InChI=1S/C12H16N4O2/c1-15-10-9(13-7-14-10)11(17)16(12(15)18)8-5-3-2-4-6-8/h7-8H,2-6H2,1H3,(H,13,14). The molecule has 1 aliphatic carbocycles. The van der Waals surface area contributed by atoms with Crippen molar-refractivity contribution in [3.8, 4) is 0 Å². The first-order valence-corrected chi connectivity index (χ1v) is 6.35. The highest BCUT2D eigenvalue weighted by Gasteiger charge is 2.22. The number of hydrogen-bond donors (Lipinski definition) is 1. The van der Waals surface area contributed by atoms with Crippen LogP contribution in [0.15, 0.2) is 15.9 Å². The van der Waals surface area contributed by atoms with Crippen molar-refractivity contribution in [2.45, 2.75) is 38.1 Å². The van der Waals surface area contributed by atoms with Gasteiger partial charge in [-0.05, 0) is 12.8 Å². The molecule has 0 radical (unpaired) electrons. The van der Waals surface area contributed by atoms with Crippen molar-refractivity contribution < 1.29 is 0 Å². The van der Waals surface area contributed by atoms with E-state index in [1.165, 1.54) is 21.9 Å². The zero-order valence-electron chi connectivity index (χ0n) is 10.3. The lowest BCUT2D eigenvalue weighted by atomic mass is 9.95. The molecular weight excluding hydrogens is 232 g/mol. The lowest BCUT2D eigenvalue weighted by Crippen LogP contribution is -2.42. The molecule has 0 unspecified atom stereocenters. The van der Waals surface area contributed by atoms with E-state index in [1.807, 2.05) is 0 Å². The van der Waals surface area contributed by atoms with E-state index >= 15 is 0 Å². The highest BCUT2D eigenvalue weighted by molar-refractivity contribution is 5.68. The summed E-state index contributed by atoms with van der Waals surface area (Å²) >= 11 is 0. The predicted octanol–water partition coefficient (Wildman–Crippen LogP) is 0.928. The van der Waals surface area contributed by atoms with Gasteiger partial charge in [-0.25, -0.2) is 9.78 Å². The number of aromatic nitrogens is 4. The molecule has 0 amide bonds. The third-order valence-electron chi connectivity index (χ3n) is 3.80. The van der Waals surface area contributed by atoms with Crippen molar-refractivity contribution in [3.05, 3.63) is 27.2 Å². The number of hydrogen-bond acceptors (Lipinski definition) is 3. The molecule has 6 nitrogen and oxygen atoms in total. The Hall–Kier alpha value is -1.85. The van der Waals surface area contributed by atoms with E-state index in [1.54, 1.807) is 7.05 Å². The van der Waals surface area contributed by atoms with Crippen LogP contribution in [0.2, 0.25) is 0 Å². The first-order chi connectivity index (χ1) is 8.70. The largest absolute Gasteiger partial charge is 0.339 e. The van der Waals surface area contributed by atoms with Gasteiger partial charge in [0.25, 0.3) is 5.56 Å². The second kappa shape index (κ2) is 4.12. The molecule has 6 heteroatoms. The van der Waals surface area contributed by atoms with Crippen molar-refractivity contribution in [1.82, 2.24) is 19.1 Å². The van der Waals surface area contributed by atoms with E-state index in [-0.39, 0.29) is 17.3 Å². The molecule has 0 spiro atoms. The number of nitrogens with zero attached hydrogens (tertiary/aromatic N) is 3. The van der Waals surface area contributed by atoms with Gasteiger partial charge in [-0.15, -0.1) is 0 Å². The molecule has 0 bridgehead atoms. The zero-order chi connectivity index (χ0) is 12.7. The fourth-order valence-corrected chi connectivity index (χ4v) is 2.82. The van der Waals surface area contributed by atoms with Gasteiger partial charge in [-0.1, -0.05) is 19.3 Å². The molecule has 0 saturated heterocycles. The van der Waals surface area contributed by atoms with Crippen LogP contribution < -0.4 is 11.2 Å². The summed E-state index contributed by atoms with van der Waals surface area (Å²) in [7, 11) is 1.66. The van der Waals surface area contributed by atoms with E-state index in [0.29, 0.717) is 11.2 Å². The van der Waals surface area contributed by atoms with Gasteiger partial charge >= 0.3 is 5.69 Å². The van der Waals surface area contributed by atoms with Gasteiger partial charge in [0.1, 0.15) is 5.52 Å². The third kappa shape index (κ3) is 1.52. The van der Waals surface area contributed by atoms with Crippen LogP contribution in [-0.2, 0) is 7.05 Å². The quantitative estimate of drug-likeness (QED) is 0.816. The molecule has 2 aromatic rings. The van der Waals surface area contributed by atoms with Crippen LogP contribution >= 0.6 is 0 Å². The highest BCUT2D eigenvalue weighted by atomic mass is 16.2. The number of rotatable bonds is 1. The predicted molar refractivity (Wildman–Crippen MR) is 67.7 cm³/mol. The molecule has 2 heterocycles. The average Bonchev–Trinajstić information content (AvgIpc) is 2.87. The minimum absolute atomic E-state index is 0.0395. The second-order valence-corrected chi connectivity index (χ2v) is 4.91. The van der Waals surface area contributed by atoms with Crippen molar-refractivity contribution in [2.75, 3.05) is 0 Å². The van der Waals surface area contributed by atoms with Gasteiger partial charge in [0.2, 0.25) is 0 Å². The Morgan fingerprint density at radius 1 is 1.28 bits per heavy atom. The normalized spacial score (nSPS) is 17.4. The van der Waals surface area contributed by atoms with Crippen LogP contribution in [0.1, 0.15) is 38.1 Å². The maximum atomic E-state index is 12.3. The Labute approximate surface area is 103 Å². The smallest absolute Gasteiger partial charge is 0.332 e. The van der Waals surface area contributed by atoms with E-state index in [9.17, 15) is 9.59 Å². The van der Waals surface area contributed by atoms with Gasteiger partial charge in [-0.2, -0.15) is 0 Å². The summed E-state index contributed by atoms with van der Waals surface area (Å²) in [6.07, 6.45) is 6.64. The van der Waals surface area contributed by atoms with Gasteiger partial charge < -0.3 is 4.98 Å². The lowest BCUT2D eigenvalue weighted by Gasteiger charge is -2.23. The summed E-state index contributed by atoms with van der Waals surface area (Å²) in [6.45, 7) is 0. The lowest BCUT2D eigenvalue weighted by molar-refractivity contribution is 0.333. The minimum Gasteiger partial charge on any atom is -0.339 e. The molecule has 18 heavy (non-hydrogen) atoms. The summed E-state index contributed by atoms with van der Waals surface area (Å²) in [4.78, 5) is 31.5. The summed E-state index contributed by atoms with van der Waals surface area (Å²) in [5.74, 6) is 0. The fraction of sp³-hybridized carbons (Fsp3) is 0.583. The van der Waals surface area contributed by atoms with Gasteiger partial charge in [-0.3, -0.25) is 13.9 Å². The molecule has 1 fully saturated rings. The number of aryl methyl sites for hydroxylation is 1. The third-order valence-corrected chi connectivity index (χ3v) is 3.80. The maximum Gasteiger partial charge on any atom is 0.332 e. The van der Waals surface area contributed by atoms with Gasteiger partial charge in [0, 0.05) is 13.1 Å². The molecule has 2 aromatic heterocycles. The zero-order valence-corrected chi connectivity index (χ0v) is 10.3. The van der Waals surface area contributed by atoms with E-state index < -0.39 is 0 Å². The molecule has 0 aromatic carbocycles. The molecule has 96 valence electrons. The Balaban J connectivity index is 2.28. The van der Waals surface area contributed by atoms with Crippen LogP contribution in [0.4, 0.5) is 0 Å². The number of imidazole rings is 1. The summed E-state index contributed by atoms with van der Waals surface area (Å²) < 4.78 is 2.85. The topological polar surface area (TPSA) is 72.7 Å². The summed E-state index contributed by atoms with van der Waals surface area (Å²) in [5.41, 5.74) is 0.351. The molecule has 1 saturated carbocycles. The van der Waals surface area contributed by atoms with E-state index in [2.05, 4.69) is 9.97 Å². The molecule has 1 N–H and O–H groups in total. The Morgan fingerprint density at radius 2 is 2.00 bits per heavy atom. The van der Waals surface area contributed by atoms with Crippen molar-refractivity contribution in [1.29, 1.82) is 0 Å². The van der Waals surface area contributed by atoms with Gasteiger partial charge in [0.05, 0.1) is 6.33 Å². The number of nitrogens with one attached hydrogen (secondary N) is 1. The molecule has 0 atom stereocenters. The monoisotopic (exact) mass is 248 g/mol. The van der Waals surface area contributed by atoms with Crippen LogP contribution in [0.5, 0.6) is 0 Å². The van der Waals surface area contributed by atoms with E-state index in [4.69, 9.17) is 0 Å². The molecular formula is C12H16N4O2. The average molecular weight is 248 g/mol. The highest BCUT2D eigenvalue weighted by Crippen LogP contribution is 2.25. The Kier molecular flexibility index (Phi) is 2.57. The molecule has 1 aliphatic rings.